The largest absolute Gasteiger partial charge is 0.481 e. The maximum absolute atomic E-state index is 13.2. The van der Waals surface area contributed by atoms with E-state index < -0.39 is 5.97 Å². The predicted molar refractivity (Wildman–Crippen MR) is 242 cm³/mol. The highest BCUT2D eigenvalue weighted by Crippen LogP contribution is 2.27. The number of nitrogens with zero attached hydrogens (tertiary/aromatic N) is 4. The molecule has 1 aliphatic rings. The molecule has 0 atom stereocenters. The van der Waals surface area contributed by atoms with Crippen LogP contribution in [0.25, 0.3) is 6.08 Å². The molecule has 4 N–H and O–H groups in total. The number of aliphatic carboxylic acids is 1. The fourth-order valence-electron chi connectivity index (χ4n) is 5.79. The molecule has 22 heteroatoms. The molecule has 1 aliphatic heterocycles. The van der Waals surface area contributed by atoms with Crippen molar-refractivity contribution in [3.8, 4) is 0 Å². The van der Waals surface area contributed by atoms with Gasteiger partial charge in [-0.1, -0.05) is 6.92 Å². The van der Waals surface area contributed by atoms with Crippen LogP contribution < -0.4 is 11.1 Å². The number of carboxylic acid groups (broad SMARTS) is 1. The van der Waals surface area contributed by atoms with Crippen LogP contribution in [0, 0.1) is 0 Å². The summed E-state index contributed by atoms with van der Waals surface area (Å²) in [6, 6.07) is 0. The number of carbonyl (C=O) groups excluding carboxylic acids is 2. The van der Waals surface area contributed by atoms with Crippen LogP contribution in [0.15, 0.2) is 16.8 Å². The third kappa shape index (κ3) is 31.3. The highest BCUT2D eigenvalue weighted by Gasteiger charge is 2.23. The molecule has 0 aliphatic carbocycles. The van der Waals surface area contributed by atoms with Gasteiger partial charge in [-0.25, -0.2) is 10.1 Å². The van der Waals surface area contributed by atoms with Gasteiger partial charge in [0.15, 0.2) is 0 Å². The van der Waals surface area contributed by atoms with Crippen molar-refractivity contribution < 1.29 is 76.4 Å². The van der Waals surface area contributed by atoms with Gasteiger partial charge in [-0.05, 0) is 38.7 Å². The van der Waals surface area contributed by atoms with E-state index in [4.69, 9.17) is 67.8 Å². The Hall–Kier alpha value is -3.65. The number of amidine groups is 1. The van der Waals surface area contributed by atoms with Crippen molar-refractivity contribution in [2.24, 2.45) is 10.7 Å². The first kappa shape index (κ1) is 58.5. The van der Waals surface area contributed by atoms with Crippen LogP contribution in [-0.4, -0.2) is 209 Å². The van der Waals surface area contributed by atoms with E-state index in [1.54, 1.807) is 6.20 Å². The molecule has 2 heterocycles. The summed E-state index contributed by atoms with van der Waals surface area (Å²) in [7, 11) is 0. The summed E-state index contributed by atoms with van der Waals surface area (Å²) in [5, 5.41) is 17.3. The predicted octanol–water partition coefficient (Wildman–Crippen LogP) is 2.18. The number of carboxylic acids is 1. The number of nitrogens with one attached hydrogen (secondary N) is 1. The summed E-state index contributed by atoms with van der Waals surface area (Å²) in [6.07, 6.45) is 7.31. The molecule has 2 rings (SSSR count). The van der Waals surface area contributed by atoms with E-state index >= 15 is 0 Å². The molecule has 0 radical (unpaired) electrons. The third-order valence-corrected chi connectivity index (χ3v) is 9.04. The zero-order valence-electron chi connectivity index (χ0n) is 39.4. The Morgan fingerprint density at radius 2 is 1.09 bits per heavy atom. The minimum atomic E-state index is -0.881. The smallest absolute Gasteiger partial charge is 0.305 e. The molecule has 1 aromatic heterocycles. The zero-order chi connectivity index (χ0) is 47.6. The van der Waals surface area contributed by atoms with Gasteiger partial charge in [0.2, 0.25) is 5.91 Å². The average molecular weight is 947 g/mol. The minimum absolute atomic E-state index is 0.0114. The Morgan fingerprint density at radius 3 is 1.52 bits per heavy atom. The summed E-state index contributed by atoms with van der Waals surface area (Å²) in [4.78, 5) is 45.8. The van der Waals surface area contributed by atoms with Crippen LogP contribution in [0.4, 0.5) is 5.69 Å². The monoisotopic (exact) mass is 947 g/mol. The second-order valence-corrected chi connectivity index (χ2v) is 14.5. The molecular weight excluding hydrogens is 869 g/mol. The molecule has 0 bridgehead atoms. The molecule has 1 aromatic rings. The SMILES string of the molecule is CCCN(OCC)C(=O)C1=Cc2c(cnn2CCCCCNC(=O)CCOCCOCCOCCOCCOCCOCCOCCOCCOCCOCCOCCC(=O)O)N=C(N)C1. The quantitative estimate of drug-likeness (QED) is 0.0625. The van der Waals surface area contributed by atoms with E-state index in [2.05, 4.69) is 15.4 Å². The van der Waals surface area contributed by atoms with Crippen LogP contribution in [-0.2, 0) is 77.9 Å². The number of unbranched alkanes of at least 4 members (excludes halogenated alkanes) is 2. The number of hydrogen-bond acceptors (Lipinski definition) is 18. The molecule has 66 heavy (non-hydrogen) atoms. The summed E-state index contributed by atoms with van der Waals surface area (Å²) in [5.41, 5.74) is 8.03. The van der Waals surface area contributed by atoms with E-state index in [0.717, 1.165) is 31.4 Å². The number of aromatic nitrogens is 2. The standard InChI is InChI=1S/C44H78N6O16/c1-3-11-50(66-4-2)44(54)38-35-40-39(48-41(45)36-38)37-47-49(40)12-7-5-6-10-46-42(51)8-13-55-15-17-57-19-21-59-23-25-61-27-29-63-31-33-65-34-32-64-30-28-62-26-24-60-22-20-58-18-16-56-14-9-43(52)53/h35,37H,3-34,36H2,1-2H3,(H2,45,48)(H,46,51)(H,52,53). The van der Waals surface area contributed by atoms with Gasteiger partial charge in [-0.3, -0.25) is 23.9 Å². The van der Waals surface area contributed by atoms with E-state index in [-0.39, 0.29) is 37.7 Å². The van der Waals surface area contributed by atoms with Crippen molar-refractivity contribution in [2.45, 2.75) is 65.3 Å². The molecule has 0 aromatic carbocycles. The second-order valence-electron chi connectivity index (χ2n) is 14.5. The Labute approximate surface area is 389 Å². The Kier molecular flexibility index (Phi) is 36.8. The molecule has 0 saturated heterocycles. The Bertz CT molecular complexity index is 1450. The number of hydrogen-bond donors (Lipinski definition) is 3. The summed E-state index contributed by atoms with van der Waals surface area (Å²) < 4.78 is 61.7. The van der Waals surface area contributed by atoms with Gasteiger partial charge in [0.25, 0.3) is 5.91 Å². The van der Waals surface area contributed by atoms with E-state index in [0.29, 0.717) is 182 Å². The first-order chi connectivity index (χ1) is 32.3. The van der Waals surface area contributed by atoms with Gasteiger partial charge in [-0.2, -0.15) is 5.10 Å². The van der Waals surface area contributed by atoms with Crippen molar-refractivity contribution in [3.05, 3.63) is 17.5 Å². The van der Waals surface area contributed by atoms with Gasteiger partial charge in [-0.15, -0.1) is 0 Å². The summed E-state index contributed by atoms with van der Waals surface area (Å²) >= 11 is 0. The summed E-state index contributed by atoms with van der Waals surface area (Å²) in [6.45, 7) is 15.3. The number of fused-ring (bicyclic) bond motifs is 1. The number of nitrogens with two attached hydrogens (primary N) is 1. The van der Waals surface area contributed by atoms with Crippen molar-refractivity contribution in [3.63, 3.8) is 0 Å². The molecule has 0 saturated carbocycles. The van der Waals surface area contributed by atoms with E-state index in [1.807, 2.05) is 24.6 Å². The molecule has 380 valence electrons. The van der Waals surface area contributed by atoms with Crippen LogP contribution in [0.5, 0.6) is 0 Å². The molecule has 0 unspecified atom stereocenters. The first-order valence-corrected chi connectivity index (χ1v) is 23.2. The van der Waals surface area contributed by atoms with Gasteiger partial charge < -0.3 is 68.3 Å². The van der Waals surface area contributed by atoms with Crippen molar-refractivity contribution in [1.82, 2.24) is 20.2 Å². The number of ether oxygens (including phenoxy) is 11. The number of amides is 2. The second kappa shape index (κ2) is 41.5. The lowest BCUT2D eigenvalue weighted by atomic mass is 10.1. The number of rotatable bonds is 47. The molecule has 0 fully saturated rings. The van der Waals surface area contributed by atoms with Gasteiger partial charge >= 0.3 is 5.97 Å². The lowest BCUT2D eigenvalue weighted by Gasteiger charge is -2.21. The van der Waals surface area contributed by atoms with Gasteiger partial charge in [0, 0.05) is 38.0 Å². The third-order valence-electron chi connectivity index (χ3n) is 9.04. The van der Waals surface area contributed by atoms with E-state index in [1.165, 1.54) is 5.06 Å². The summed E-state index contributed by atoms with van der Waals surface area (Å²) in [5.74, 6) is -0.802. The van der Waals surface area contributed by atoms with Crippen molar-refractivity contribution in [2.75, 3.05) is 165 Å². The number of aliphatic imine (C=N–C) groups is 1. The molecular formula is C44H78N6O16. The zero-order valence-corrected chi connectivity index (χ0v) is 39.4. The van der Waals surface area contributed by atoms with Crippen LogP contribution >= 0.6 is 0 Å². The fraction of sp³-hybridized carbons (Fsp3) is 0.795. The van der Waals surface area contributed by atoms with Crippen molar-refractivity contribution >= 4 is 35.4 Å². The minimum Gasteiger partial charge on any atom is -0.481 e. The average Bonchev–Trinajstić information content (AvgIpc) is 3.58. The normalized spacial score (nSPS) is 12.5. The maximum atomic E-state index is 13.2. The highest BCUT2D eigenvalue weighted by atomic mass is 16.7. The number of carbonyl (C=O) groups is 3. The van der Waals surface area contributed by atoms with Crippen LogP contribution in [0.1, 0.15) is 64.5 Å². The Balaban J connectivity index is 1.28. The van der Waals surface area contributed by atoms with Gasteiger partial charge in [0.1, 0.15) is 11.5 Å². The van der Waals surface area contributed by atoms with Crippen LogP contribution in [0.2, 0.25) is 0 Å². The molecule has 22 nitrogen and oxygen atoms in total. The molecule has 0 spiro atoms. The van der Waals surface area contributed by atoms with Crippen LogP contribution in [0.3, 0.4) is 0 Å². The molecule has 2 amide bonds. The number of aryl methyl sites for hydroxylation is 1. The van der Waals surface area contributed by atoms with E-state index in [9.17, 15) is 14.4 Å². The van der Waals surface area contributed by atoms with Gasteiger partial charge in [0.05, 0.1) is 170 Å². The lowest BCUT2D eigenvalue weighted by molar-refractivity contribution is -0.180. The number of hydroxylamine groups is 2. The first-order valence-electron chi connectivity index (χ1n) is 23.2. The topological polar surface area (TPSA) is 254 Å². The fourth-order valence-corrected chi connectivity index (χ4v) is 5.79. The highest BCUT2D eigenvalue weighted by molar-refractivity contribution is 6.04. The maximum Gasteiger partial charge on any atom is 0.305 e. The Morgan fingerprint density at radius 1 is 0.652 bits per heavy atom. The lowest BCUT2D eigenvalue weighted by Crippen LogP contribution is -2.34. The van der Waals surface area contributed by atoms with Crippen molar-refractivity contribution in [1.29, 1.82) is 0 Å².